The first-order chi connectivity index (χ1) is 16.8. The van der Waals surface area contributed by atoms with E-state index in [9.17, 15) is 0 Å². The number of fused-ring (bicyclic) bond motifs is 5. The fourth-order valence-electron chi connectivity index (χ4n) is 5.00. The van der Waals surface area contributed by atoms with Crippen LogP contribution in [-0.4, -0.2) is 0 Å². The molecule has 0 spiro atoms. The third kappa shape index (κ3) is 3.07. The Morgan fingerprint density at radius 2 is 1.12 bits per heavy atom. The van der Waals surface area contributed by atoms with E-state index in [1.54, 1.807) is 0 Å². The minimum atomic E-state index is 1.16. The Balaban J connectivity index is 1.55. The standard InChI is InChI=1S/C32H21NS/c1-2-13-26(14-3-1)33(27-18-17-22-9-4-5-10-23(22)19-27)29-15-8-16-30-32(29)28-20-24-11-6-7-12-25(24)21-31(28)34-30/h1-21H. The highest BCUT2D eigenvalue weighted by Gasteiger charge is 2.18. The number of hydrogen-bond donors (Lipinski definition) is 0. The van der Waals surface area contributed by atoms with Crippen molar-refractivity contribution in [2.75, 3.05) is 4.90 Å². The first kappa shape index (κ1) is 19.3. The van der Waals surface area contributed by atoms with Crippen molar-refractivity contribution in [3.05, 3.63) is 127 Å². The largest absolute Gasteiger partial charge is 0.310 e. The van der Waals surface area contributed by atoms with E-state index in [0.29, 0.717) is 0 Å². The fraction of sp³-hybridized carbons (Fsp3) is 0. The molecular weight excluding hydrogens is 430 g/mol. The van der Waals surface area contributed by atoms with Gasteiger partial charge in [0.05, 0.1) is 5.69 Å². The van der Waals surface area contributed by atoms with E-state index in [4.69, 9.17) is 0 Å². The maximum Gasteiger partial charge on any atom is 0.0554 e. The highest BCUT2D eigenvalue weighted by Crippen LogP contribution is 2.45. The lowest BCUT2D eigenvalue weighted by atomic mass is 10.0. The molecule has 0 saturated heterocycles. The van der Waals surface area contributed by atoms with E-state index in [-0.39, 0.29) is 0 Å². The molecule has 7 rings (SSSR count). The van der Waals surface area contributed by atoms with Crippen LogP contribution in [0.2, 0.25) is 0 Å². The van der Waals surface area contributed by atoms with Crippen LogP contribution in [0, 0.1) is 0 Å². The van der Waals surface area contributed by atoms with Crippen LogP contribution in [0.3, 0.4) is 0 Å². The monoisotopic (exact) mass is 451 g/mol. The van der Waals surface area contributed by atoms with E-state index in [0.717, 1.165) is 11.4 Å². The molecule has 6 aromatic carbocycles. The zero-order valence-electron chi connectivity index (χ0n) is 18.5. The van der Waals surface area contributed by atoms with E-state index in [2.05, 4.69) is 132 Å². The second kappa shape index (κ2) is 7.72. The molecule has 2 heteroatoms. The molecule has 34 heavy (non-hydrogen) atoms. The van der Waals surface area contributed by atoms with Gasteiger partial charge in [-0.25, -0.2) is 0 Å². The molecule has 1 heterocycles. The van der Waals surface area contributed by atoms with E-state index < -0.39 is 0 Å². The number of benzene rings is 6. The van der Waals surface area contributed by atoms with Gasteiger partial charge in [-0.3, -0.25) is 0 Å². The zero-order chi connectivity index (χ0) is 22.5. The van der Waals surface area contributed by atoms with Gasteiger partial charge in [0.1, 0.15) is 0 Å². The Kier molecular flexibility index (Phi) is 4.39. The fourth-order valence-corrected chi connectivity index (χ4v) is 6.16. The molecule has 0 bridgehead atoms. The molecule has 0 aliphatic heterocycles. The van der Waals surface area contributed by atoms with Crippen molar-refractivity contribution in [2.24, 2.45) is 0 Å². The lowest BCUT2D eigenvalue weighted by Crippen LogP contribution is -2.10. The SMILES string of the molecule is c1ccc(N(c2ccc3ccccc3c2)c2cccc3sc4cc5ccccc5cc4c23)cc1. The van der Waals surface area contributed by atoms with Crippen LogP contribution in [0.25, 0.3) is 41.7 Å². The second-order valence-corrected chi connectivity index (χ2v) is 9.73. The summed E-state index contributed by atoms with van der Waals surface area (Å²) in [6, 6.07) is 46.0. The average molecular weight is 452 g/mol. The van der Waals surface area contributed by atoms with Crippen LogP contribution in [0.1, 0.15) is 0 Å². The van der Waals surface area contributed by atoms with Gasteiger partial charge in [-0.15, -0.1) is 11.3 Å². The van der Waals surface area contributed by atoms with Crippen LogP contribution in [0.4, 0.5) is 17.1 Å². The molecule has 0 N–H and O–H groups in total. The molecule has 0 unspecified atom stereocenters. The summed E-state index contributed by atoms with van der Waals surface area (Å²) in [6.07, 6.45) is 0. The lowest BCUT2D eigenvalue weighted by Gasteiger charge is -2.26. The summed E-state index contributed by atoms with van der Waals surface area (Å²) in [5.74, 6) is 0. The molecule has 0 fully saturated rings. The summed E-state index contributed by atoms with van der Waals surface area (Å²) >= 11 is 1.87. The Bertz CT molecular complexity index is 1810. The molecular formula is C32H21NS. The quantitative estimate of drug-likeness (QED) is 0.258. The number of anilines is 3. The van der Waals surface area contributed by atoms with Gasteiger partial charge in [0.2, 0.25) is 0 Å². The zero-order valence-corrected chi connectivity index (χ0v) is 19.3. The summed E-state index contributed by atoms with van der Waals surface area (Å²) < 4.78 is 2.64. The third-order valence-corrected chi connectivity index (χ3v) is 7.71. The minimum Gasteiger partial charge on any atom is -0.310 e. The van der Waals surface area contributed by atoms with Gasteiger partial charge < -0.3 is 4.90 Å². The number of hydrogen-bond acceptors (Lipinski definition) is 2. The Hall–Kier alpha value is -4.14. The molecule has 160 valence electrons. The van der Waals surface area contributed by atoms with Gasteiger partial charge in [-0.2, -0.15) is 0 Å². The first-order valence-corrected chi connectivity index (χ1v) is 12.3. The predicted octanol–water partition coefficient (Wildman–Crippen LogP) is 9.83. The Morgan fingerprint density at radius 3 is 1.91 bits per heavy atom. The molecule has 0 aliphatic rings. The highest BCUT2D eigenvalue weighted by atomic mass is 32.1. The molecule has 1 aromatic heterocycles. The highest BCUT2D eigenvalue weighted by molar-refractivity contribution is 7.26. The summed E-state index contributed by atoms with van der Waals surface area (Å²) in [6.45, 7) is 0. The van der Waals surface area contributed by atoms with Crippen molar-refractivity contribution in [3.63, 3.8) is 0 Å². The predicted molar refractivity (Wildman–Crippen MR) is 149 cm³/mol. The van der Waals surface area contributed by atoms with Crippen LogP contribution < -0.4 is 4.90 Å². The summed E-state index contributed by atoms with van der Waals surface area (Å²) in [5, 5.41) is 7.69. The van der Waals surface area contributed by atoms with Crippen LogP contribution in [0.5, 0.6) is 0 Å². The van der Waals surface area contributed by atoms with E-state index in [1.807, 2.05) is 11.3 Å². The van der Waals surface area contributed by atoms with Crippen molar-refractivity contribution in [1.29, 1.82) is 0 Å². The van der Waals surface area contributed by atoms with Crippen LogP contribution >= 0.6 is 11.3 Å². The number of rotatable bonds is 3. The smallest absolute Gasteiger partial charge is 0.0554 e. The lowest BCUT2D eigenvalue weighted by molar-refractivity contribution is 1.31. The second-order valence-electron chi connectivity index (χ2n) is 8.65. The van der Waals surface area contributed by atoms with Crippen LogP contribution in [0.15, 0.2) is 127 Å². The van der Waals surface area contributed by atoms with Crippen LogP contribution in [-0.2, 0) is 0 Å². The van der Waals surface area contributed by atoms with Gasteiger partial charge in [0.15, 0.2) is 0 Å². The van der Waals surface area contributed by atoms with Gasteiger partial charge in [-0.1, -0.05) is 78.9 Å². The van der Waals surface area contributed by atoms with Gasteiger partial charge in [0.25, 0.3) is 0 Å². The molecule has 0 aliphatic carbocycles. The average Bonchev–Trinajstić information content (AvgIpc) is 3.26. The van der Waals surface area contributed by atoms with Crippen molar-refractivity contribution < 1.29 is 0 Å². The van der Waals surface area contributed by atoms with Gasteiger partial charge in [-0.05, 0) is 70.1 Å². The normalized spacial score (nSPS) is 11.5. The topological polar surface area (TPSA) is 3.24 Å². The number of thiophene rings is 1. The minimum absolute atomic E-state index is 1.16. The molecule has 0 amide bonds. The number of nitrogens with zero attached hydrogens (tertiary/aromatic N) is 1. The van der Waals surface area contributed by atoms with Crippen molar-refractivity contribution >= 4 is 70.1 Å². The Morgan fingerprint density at radius 1 is 0.441 bits per heavy atom. The summed E-state index contributed by atoms with van der Waals surface area (Å²) in [5.41, 5.74) is 3.53. The molecule has 0 saturated carbocycles. The van der Waals surface area contributed by atoms with E-state index in [1.165, 1.54) is 47.4 Å². The summed E-state index contributed by atoms with van der Waals surface area (Å²) in [4.78, 5) is 2.40. The van der Waals surface area contributed by atoms with Gasteiger partial charge >= 0.3 is 0 Å². The Labute approximate surface area is 202 Å². The van der Waals surface area contributed by atoms with Crippen molar-refractivity contribution in [2.45, 2.75) is 0 Å². The third-order valence-electron chi connectivity index (χ3n) is 6.59. The molecule has 7 aromatic rings. The van der Waals surface area contributed by atoms with E-state index >= 15 is 0 Å². The van der Waals surface area contributed by atoms with Crippen molar-refractivity contribution in [1.82, 2.24) is 0 Å². The molecule has 0 atom stereocenters. The molecule has 1 nitrogen and oxygen atoms in total. The molecule has 0 radical (unpaired) electrons. The maximum atomic E-state index is 2.40. The number of para-hydroxylation sites is 1. The first-order valence-electron chi connectivity index (χ1n) is 11.5. The maximum absolute atomic E-state index is 2.40. The summed E-state index contributed by atoms with van der Waals surface area (Å²) in [7, 11) is 0. The van der Waals surface area contributed by atoms with Gasteiger partial charge in [0, 0.05) is 31.5 Å². The van der Waals surface area contributed by atoms with Crippen molar-refractivity contribution in [3.8, 4) is 0 Å².